The summed E-state index contributed by atoms with van der Waals surface area (Å²) in [6, 6.07) is 12.0. The zero-order valence-corrected chi connectivity index (χ0v) is 15.5. The number of terminal acetylenes is 1. The van der Waals surface area contributed by atoms with Gasteiger partial charge in [0.25, 0.3) is 0 Å². The molecule has 0 saturated heterocycles. The van der Waals surface area contributed by atoms with Gasteiger partial charge in [0.15, 0.2) is 5.96 Å². The van der Waals surface area contributed by atoms with Crippen LogP contribution in [-0.4, -0.2) is 25.0 Å². The smallest absolute Gasteiger partial charge is 0.243 e. The van der Waals surface area contributed by atoms with Crippen LogP contribution in [0.5, 0.6) is 0 Å². The highest BCUT2D eigenvalue weighted by atomic mass is 19.1. The van der Waals surface area contributed by atoms with E-state index in [9.17, 15) is 9.18 Å². The molecule has 140 valence electrons. The SMILES string of the molecule is C#Cc1cccc(NC(=O)CNC(=NCc2ccc(F)c(C)c2)NCC)c1. The highest BCUT2D eigenvalue weighted by Crippen LogP contribution is 2.10. The largest absolute Gasteiger partial charge is 0.357 e. The van der Waals surface area contributed by atoms with Crippen molar-refractivity contribution in [3.8, 4) is 12.3 Å². The zero-order valence-electron chi connectivity index (χ0n) is 15.5. The van der Waals surface area contributed by atoms with Crippen LogP contribution in [0.2, 0.25) is 0 Å². The third-order valence-electron chi connectivity index (χ3n) is 3.72. The monoisotopic (exact) mass is 366 g/mol. The van der Waals surface area contributed by atoms with Gasteiger partial charge in [0.2, 0.25) is 5.91 Å². The maximum atomic E-state index is 13.3. The van der Waals surface area contributed by atoms with Crippen molar-refractivity contribution in [1.82, 2.24) is 10.6 Å². The molecule has 0 saturated carbocycles. The number of halogens is 1. The van der Waals surface area contributed by atoms with E-state index in [0.29, 0.717) is 35.9 Å². The summed E-state index contributed by atoms with van der Waals surface area (Å²) in [6.07, 6.45) is 5.36. The number of hydrogen-bond acceptors (Lipinski definition) is 2. The molecule has 0 aliphatic carbocycles. The van der Waals surface area contributed by atoms with E-state index >= 15 is 0 Å². The second kappa shape index (κ2) is 9.97. The fourth-order valence-electron chi connectivity index (χ4n) is 2.37. The van der Waals surface area contributed by atoms with Crippen LogP contribution in [0, 0.1) is 25.1 Å². The van der Waals surface area contributed by atoms with Crippen LogP contribution < -0.4 is 16.0 Å². The number of nitrogens with zero attached hydrogens (tertiary/aromatic N) is 1. The van der Waals surface area contributed by atoms with Crippen molar-refractivity contribution in [2.75, 3.05) is 18.4 Å². The highest BCUT2D eigenvalue weighted by Gasteiger charge is 2.05. The summed E-state index contributed by atoms with van der Waals surface area (Å²) >= 11 is 0. The zero-order chi connectivity index (χ0) is 19.6. The maximum Gasteiger partial charge on any atom is 0.243 e. The van der Waals surface area contributed by atoms with Gasteiger partial charge in [-0.25, -0.2) is 9.38 Å². The third kappa shape index (κ3) is 6.48. The van der Waals surface area contributed by atoms with Crippen molar-refractivity contribution < 1.29 is 9.18 Å². The molecular weight excluding hydrogens is 343 g/mol. The Morgan fingerprint density at radius 1 is 1.22 bits per heavy atom. The standard InChI is InChI=1S/C21H23FN4O/c1-4-16-7-6-8-18(12-16)26-20(27)14-25-21(23-5-2)24-13-17-9-10-19(22)15(3)11-17/h1,6-12H,5,13-14H2,2-3H3,(H,26,27)(H2,23,24,25). The van der Waals surface area contributed by atoms with Gasteiger partial charge >= 0.3 is 0 Å². The quantitative estimate of drug-likeness (QED) is 0.418. The Hall–Kier alpha value is -3.33. The summed E-state index contributed by atoms with van der Waals surface area (Å²) in [6.45, 7) is 4.73. The summed E-state index contributed by atoms with van der Waals surface area (Å²) < 4.78 is 13.3. The van der Waals surface area contributed by atoms with E-state index < -0.39 is 0 Å². The highest BCUT2D eigenvalue weighted by molar-refractivity contribution is 5.95. The van der Waals surface area contributed by atoms with E-state index in [2.05, 4.69) is 26.9 Å². The van der Waals surface area contributed by atoms with E-state index in [1.54, 1.807) is 43.3 Å². The van der Waals surface area contributed by atoms with Crippen molar-refractivity contribution >= 4 is 17.6 Å². The lowest BCUT2D eigenvalue weighted by Gasteiger charge is -2.12. The van der Waals surface area contributed by atoms with Gasteiger partial charge in [-0.3, -0.25) is 4.79 Å². The molecule has 2 aromatic rings. The molecule has 0 spiro atoms. The van der Waals surface area contributed by atoms with E-state index in [1.807, 2.05) is 6.92 Å². The minimum absolute atomic E-state index is 0.0502. The van der Waals surface area contributed by atoms with E-state index in [1.165, 1.54) is 6.07 Å². The normalized spacial score (nSPS) is 10.8. The molecule has 0 unspecified atom stereocenters. The summed E-state index contributed by atoms with van der Waals surface area (Å²) in [5.74, 6) is 2.58. The first kappa shape index (κ1) is 20.0. The third-order valence-corrected chi connectivity index (χ3v) is 3.72. The second-order valence-corrected chi connectivity index (χ2v) is 5.91. The number of benzene rings is 2. The number of carbonyl (C=O) groups is 1. The predicted molar refractivity (Wildman–Crippen MR) is 107 cm³/mol. The Balaban J connectivity index is 1.93. The maximum absolute atomic E-state index is 13.3. The number of aliphatic imine (C=N–C) groups is 1. The summed E-state index contributed by atoms with van der Waals surface area (Å²) in [4.78, 5) is 16.6. The Kier molecular flexibility index (Phi) is 7.38. The number of guanidine groups is 1. The van der Waals surface area contributed by atoms with Crippen LogP contribution >= 0.6 is 0 Å². The van der Waals surface area contributed by atoms with Crippen molar-refractivity contribution in [2.24, 2.45) is 4.99 Å². The van der Waals surface area contributed by atoms with Gasteiger partial charge in [-0.15, -0.1) is 6.42 Å². The average molecular weight is 366 g/mol. The van der Waals surface area contributed by atoms with Gasteiger partial charge in [-0.05, 0) is 49.2 Å². The molecule has 3 N–H and O–H groups in total. The molecule has 0 fully saturated rings. The second-order valence-electron chi connectivity index (χ2n) is 5.91. The fraction of sp³-hybridized carbons (Fsp3) is 0.238. The van der Waals surface area contributed by atoms with Crippen LogP contribution in [0.3, 0.4) is 0 Å². The van der Waals surface area contributed by atoms with Gasteiger partial charge in [0.1, 0.15) is 5.82 Å². The first-order chi connectivity index (χ1) is 13.0. The molecule has 0 aromatic heterocycles. The molecular formula is C21H23FN4O. The van der Waals surface area contributed by atoms with Crippen molar-refractivity contribution in [3.05, 3.63) is 65.0 Å². The minimum atomic E-state index is -0.238. The van der Waals surface area contributed by atoms with Crippen molar-refractivity contribution in [1.29, 1.82) is 0 Å². The number of hydrogen-bond donors (Lipinski definition) is 3. The molecule has 0 radical (unpaired) electrons. The number of nitrogens with one attached hydrogen (secondary N) is 3. The molecule has 1 amide bonds. The molecule has 0 atom stereocenters. The van der Waals surface area contributed by atoms with Gasteiger partial charge in [0.05, 0.1) is 13.1 Å². The molecule has 0 heterocycles. The van der Waals surface area contributed by atoms with Gasteiger partial charge in [-0.2, -0.15) is 0 Å². The molecule has 0 bridgehead atoms. The van der Waals surface area contributed by atoms with Gasteiger partial charge in [-0.1, -0.05) is 24.1 Å². The molecule has 5 nitrogen and oxygen atoms in total. The lowest BCUT2D eigenvalue weighted by molar-refractivity contribution is -0.115. The minimum Gasteiger partial charge on any atom is -0.357 e. The first-order valence-corrected chi connectivity index (χ1v) is 8.65. The fourth-order valence-corrected chi connectivity index (χ4v) is 2.37. The number of anilines is 1. The van der Waals surface area contributed by atoms with Crippen LogP contribution in [0.1, 0.15) is 23.6 Å². The topological polar surface area (TPSA) is 65.5 Å². The van der Waals surface area contributed by atoms with Crippen LogP contribution in [0.4, 0.5) is 10.1 Å². The van der Waals surface area contributed by atoms with E-state index in [0.717, 1.165) is 5.56 Å². The Bertz CT molecular complexity index is 871. The van der Waals surface area contributed by atoms with Crippen LogP contribution in [-0.2, 0) is 11.3 Å². The molecule has 0 aliphatic rings. The van der Waals surface area contributed by atoms with Crippen LogP contribution in [0.25, 0.3) is 0 Å². The van der Waals surface area contributed by atoms with Crippen molar-refractivity contribution in [2.45, 2.75) is 20.4 Å². The Morgan fingerprint density at radius 2 is 2.04 bits per heavy atom. The first-order valence-electron chi connectivity index (χ1n) is 8.65. The van der Waals surface area contributed by atoms with Crippen molar-refractivity contribution in [3.63, 3.8) is 0 Å². The van der Waals surface area contributed by atoms with E-state index in [-0.39, 0.29) is 18.3 Å². The number of aryl methyl sites for hydroxylation is 1. The predicted octanol–water partition coefficient (Wildman–Crippen LogP) is 2.81. The van der Waals surface area contributed by atoms with Crippen LogP contribution in [0.15, 0.2) is 47.5 Å². The van der Waals surface area contributed by atoms with E-state index in [4.69, 9.17) is 6.42 Å². The summed E-state index contributed by atoms with van der Waals surface area (Å²) in [7, 11) is 0. The molecule has 2 rings (SSSR count). The summed E-state index contributed by atoms with van der Waals surface area (Å²) in [5.41, 5.74) is 2.81. The average Bonchev–Trinajstić information content (AvgIpc) is 2.66. The Morgan fingerprint density at radius 3 is 2.74 bits per heavy atom. The molecule has 0 aliphatic heterocycles. The molecule has 2 aromatic carbocycles. The number of carbonyl (C=O) groups excluding carboxylic acids is 1. The molecule has 27 heavy (non-hydrogen) atoms. The number of amides is 1. The lowest BCUT2D eigenvalue weighted by atomic mass is 10.1. The molecule has 6 heteroatoms. The summed E-state index contributed by atoms with van der Waals surface area (Å²) in [5, 5.41) is 8.83. The van der Waals surface area contributed by atoms with Gasteiger partial charge < -0.3 is 16.0 Å². The lowest BCUT2D eigenvalue weighted by Crippen LogP contribution is -2.41. The van der Waals surface area contributed by atoms with Gasteiger partial charge in [0, 0.05) is 17.8 Å². The number of rotatable bonds is 6. The Labute approximate surface area is 159 Å².